The number of ether oxygens (including phenoxy) is 1. The van der Waals surface area contributed by atoms with Crippen LogP contribution in [0, 0.1) is 0 Å². The Kier molecular flexibility index (Phi) is 5.52. The Bertz CT molecular complexity index is 364. The van der Waals surface area contributed by atoms with Gasteiger partial charge in [-0.2, -0.15) is 0 Å². The molecule has 2 rings (SSSR count). The maximum atomic E-state index is 5.46. The standard InChI is InChI=1S/C16H26N2O/c1-3-18-12-5-6-14(11-13-18)17-15-7-9-16(10-8-15)19-4-2/h7-10,14,17H,3-6,11-13H2,1-2H3. The van der Waals surface area contributed by atoms with Crippen molar-refractivity contribution in [2.45, 2.75) is 39.2 Å². The van der Waals surface area contributed by atoms with Crippen LogP contribution in [0.25, 0.3) is 0 Å². The molecule has 1 fully saturated rings. The number of nitrogens with one attached hydrogen (secondary N) is 1. The molecule has 1 unspecified atom stereocenters. The van der Waals surface area contributed by atoms with Crippen molar-refractivity contribution in [1.29, 1.82) is 0 Å². The van der Waals surface area contributed by atoms with Gasteiger partial charge in [0.2, 0.25) is 0 Å². The van der Waals surface area contributed by atoms with Gasteiger partial charge in [-0.25, -0.2) is 0 Å². The Balaban J connectivity index is 1.86. The molecule has 106 valence electrons. The zero-order valence-corrected chi connectivity index (χ0v) is 12.2. The SMILES string of the molecule is CCOc1ccc(NC2CCCN(CC)CC2)cc1. The molecule has 1 N–H and O–H groups in total. The molecule has 1 aromatic rings. The Morgan fingerprint density at radius 1 is 1.16 bits per heavy atom. The van der Waals surface area contributed by atoms with Crippen LogP contribution in [0.1, 0.15) is 33.1 Å². The summed E-state index contributed by atoms with van der Waals surface area (Å²) >= 11 is 0. The molecular formula is C16H26N2O. The first-order valence-corrected chi connectivity index (χ1v) is 7.53. The van der Waals surface area contributed by atoms with Crippen LogP contribution in [0.5, 0.6) is 5.75 Å². The summed E-state index contributed by atoms with van der Waals surface area (Å²) in [6.07, 6.45) is 3.80. The zero-order chi connectivity index (χ0) is 13.5. The lowest BCUT2D eigenvalue weighted by molar-refractivity contribution is 0.300. The molecule has 0 spiro atoms. The summed E-state index contributed by atoms with van der Waals surface area (Å²) in [5.41, 5.74) is 1.21. The number of likely N-dealkylation sites (tertiary alicyclic amines) is 1. The van der Waals surface area contributed by atoms with Crippen LogP contribution < -0.4 is 10.1 Å². The summed E-state index contributed by atoms with van der Waals surface area (Å²) < 4.78 is 5.46. The monoisotopic (exact) mass is 262 g/mol. The van der Waals surface area contributed by atoms with Gasteiger partial charge in [-0.1, -0.05) is 6.92 Å². The highest BCUT2D eigenvalue weighted by atomic mass is 16.5. The van der Waals surface area contributed by atoms with Gasteiger partial charge in [0, 0.05) is 18.3 Å². The molecular weight excluding hydrogens is 236 g/mol. The lowest BCUT2D eigenvalue weighted by Crippen LogP contribution is -2.26. The van der Waals surface area contributed by atoms with E-state index in [9.17, 15) is 0 Å². The van der Waals surface area contributed by atoms with Crippen molar-refractivity contribution in [3.63, 3.8) is 0 Å². The molecule has 0 aromatic heterocycles. The summed E-state index contributed by atoms with van der Waals surface area (Å²) in [4.78, 5) is 2.54. The first kappa shape index (κ1) is 14.2. The molecule has 0 saturated carbocycles. The Morgan fingerprint density at radius 3 is 2.63 bits per heavy atom. The highest BCUT2D eigenvalue weighted by Crippen LogP contribution is 2.19. The van der Waals surface area contributed by atoms with E-state index in [4.69, 9.17) is 4.74 Å². The van der Waals surface area contributed by atoms with Crippen molar-refractivity contribution < 1.29 is 4.74 Å². The lowest BCUT2D eigenvalue weighted by Gasteiger charge is -2.19. The Hall–Kier alpha value is -1.22. The van der Waals surface area contributed by atoms with Crippen LogP contribution in [-0.2, 0) is 0 Å². The molecule has 0 aliphatic carbocycles. The summed E-state index contributed by atoms with van der Waals surface area (Å²) in [6.45, 7) is 8.62. The van der Waals surface area contributed by atoms with Crippen LogP contribution >= 0.6 is 0 Å². The minimum absolute atomic E-state index is 0.606. The second kappa shape index (κ2) is 7.39. The van der Waals surface area contributed by atoms with Crippen molar-refractivity contribution in [1.82, 2.24) is 4.90 Å². The molecule has 3 heteroatoms. The molecule has 1 atom stereocenters. The van der Waals surface area contributed by atoms with E-state index in [0.29, 0.717) is 6.04 Å². The summed E-state index contributed by atoms with van der Waals surface area (Å²) in [5, 5.41) is 3.65. The van der Waals surface area contributed by atoms with Crippen LogP contribution in [0.2, 0.25) is 0 Å². The largest absolute Gasteiger partial charge is 0.494 e. The van der Waals surface area contributed by atoms with E-state index >= 15 is 0 Å². The maximum absolute atomic E-state index is 5.46. The smallest absolute Gasteiger partial charge is 0.119 e. The Morgan fingerprint density at radius 2 is 1.95 bits per heavy atom. The van der Waals surface area contributed by atoms with Gasteiger partial charge in [-0.05, 0) is 63.5 Å². The normalized spacial score (nSPS) is 20.8. The lowest BCUT2D eigenvalue weighted by atomic mass is 10.1. The van der Waals surface area contributed by atoms with E-state index in [2.05, 4.69) is 29.3 Å². The van der Waals surface area contributed by atoms with Crippen molar-refractivity contribution in [2.75, 3.05) is 31.6 Å². The minimum Gasteiger partial charge on any atom is -0.494 e. The number of hydrogen-bond donors (Lipinski definition) is 1. The first-order chi connectivity index (χ1) is 9.31. The van der Waals surface area contributed by atoms with Crippen molar-refractivity contribution in [2.24, 2.45) is 0 Å². The quantitative estimate of drug-likeness (QED) is 0.880. The summed E-state index contributed by atoms with van der Waals surface area (Å²) in [6, 6.07) is 8.93. The Labute approximate surface area is 116 Å². The van der Waals surface area contributed by atoms with E-state index in [-0.39, 0.29) is 0 Å². The first-order valence-electron chi connectivity index (χ1n) is 7.53. The van der Waals surface area contributed by atoms with Gasteiger partial charge in [0.15, 0.2) is 0 Å². The van der Waals surface area contributed by atoms with E-state index in [1.165, 1.54) is 44.6 Å². The molecule has 1 aliphatic rings. The van der Waals surface area contributed by atoms with Crippen LogP contribution in [0.4, 0.5) is 5.69 Å². The zero-order valence-electron chi connectivity index (χ0n) is 12.2. The molecule has 3 nitrogen and oxygen atoms in total. The third-order valence-electron chi connectivity index (χ3n) is 3.80. The van der Waals surface area contributed by atoms with Crippen molar-refractivity contribution in [3.05, 3.63) is 24.3 Å². The van der Waals surface area contributed by atoms with Crippen molar-refractivity contribution >= 4 is 5.69 Å². The molecule has 0 bridgehead atoms. The number of anilines is 1. The highest BCUT2D eigenvalue weighted by molar-refractivity contribution is 5.47. The van der Waals surface area contributed by atoms with E-state index in [1.807, 2.05) is 19.1 Å². The second-order valence-electron chi connectivity index (χ2n) is 5.16. The highest BCUT2D eigenvalue weighted by Gasteiger charge is 2.15. The van der Waals surface area contributed by atoms with Gasteiger partial charge in [0.25, 0.3) is 0 Å². The van der Waals surface area contributed by atoms with E-state index in [0.717, 1.165) is 12.4 Å². The predicted octanol–water partition coefficient (Wildman–Crippen LogP) is 3.37. The second-order valence-corrected chi connectivity index (χ2v) is 5.16. The fourth-order valence-electron chi connectivity index (χ4n) is 2.67. The molecule has 1 saturated heterocycles. The van der Waals surface area contributed by atoms with Gasteiger partial charge in [0.05, 0.1) is 6.61 Å². The van der Waals surface area contributed by atoms with Crippen LogP contribution in [0.15, 0.2) is 24.3 Å². The van der Waals surface area contributed by atoms with Gasteiger partial charge in [0.1, 0.15) is 5.75 Å². The fourth-order valence-corrected chi connectivity index (χ4v) is 2.67. The van der Waals surface area contributed by atoms with Crippen molar-refractivity contribution in [3.8, 4) is 5.75 Å². The average molecular weight is 262 g/mol. The molecule has 1 heterocycles. The fraction of sp³-hybridized carbons (Fsp3) is 0.625. The average Bonchev–Trinajstić information content (AvgIpc) is 2.66. The van der Waals surface area contributed by atoms with Gasteiger partial charge in [-0.15, -0.1) is 0 Å². The number of rotatable bonds is 5. The van der Waals surface area contributed by atoms with Gasteiger partial charge < -0.3 is 15.0 Å². The predicted molar refractivity (Wildman–Crippen MR) is 81.0 cm³/mol. The molecule has 0 amide bonds. The minimum atomic E-state index is 0.606. The van der Waals surface area contributed by atoms with E-state index < -0.39 is 0 Å². The molecule has 1 aliphatic heterocycles. The van der Waals surface area contributed by atoms with Crippen LogP contribution in [0.3, 0.4) is 0 Å². The van der Waals surface area contributed by atoms with E-state index in [1.54, 1.807) is 0 Å². The van der Waals surface area contributed by atoms with Gasteiger partial charge in [-0.3, -0.25) is 0 Å². The molecule has 0 radical (unpaired) electrons. The topological polar surface area (TPSA) is 24.5 Å². The molecule has 1 aromatic carbocycles. The number of nitrogens with zero attached hydrogens (tertiary/aromatic N) is 1. The summed E-state index contributed by atoms with van der Waals surface area (Å²) in [5.74, 6) is 0.950. The maximum Gasteiger partial charge on any atom is 0.119 e. The summed E-state index contributed by atoms with van der Waals surface area (Å²) in [7, 11) is 0. The molecule has 19 heavy (non-hydrogen) atoms. The third-order valence-corrected chi connectivity index (χ3v) is 3.80. The number of hydrogen-bond acceptors (Lipinski definition) is 3. The third kappa shape index (κ3) is 4.43. The van der Waals surface area contributed by atoms with Gasteiger partial charge >= 0.3 is 0 Å². The number of benzene rings is 1. The van der Waals surface area contributed by atoms with Crippen LogP contribution in [-0.4, -0.2) is 37.2 Å².